The van der Waals surface area contributed by atoms with Gasteiger partial charge in [-0.2, -0.15) is 0 Å². The lowest BCUT2D eigenvalue weighted by atomic mass is 9.87. The zero-order valence-corrected chi connectivity index (χ0v) is 12.2. The van der Waals surface area contributed by atoms with Crippen molar-refractivity contribution in [1.82, 2.24) is 0 Å². The van der Waals surface area contributed by atoms with Crippen molar-refractivity contribution >= 4 is 0 Å². The molecule has 0 spiro atoms. The predicted octanol–water partition coefficient (Wildman–Crippen LogP) is 4.30. The van der Waals surface area contributed by atoms with Gasteiger partial charge in [0.2, 0.25) is 0 Å². The first-order valence-electron chi connectivity index (χ1n) is 6.91. The number of nitrogens with two attached hydrogens (primary N) is 1. The van der Waals surface area contributed by atoms with Gasteiger partial charge >= 0.3 is 0 Å². The van der Waals surface area contributed by atoms with Crippen LogP contribution in [0.2, 0.25) is 0 Å². The Kier molecular flexibility index (Phi) is 5.67. The van der Waals surface area contributed by atoms with Gasteiger partial charge in [0.15, 0.2) is 0 Å². The summed E-state index contributed by atoms with van der Waals surface area (Å²) >= 11 is 0. The maximum Gasteiger partial charge on any atom is 0.119 e. The first kappa shape index (κ1) is 15.0. The van der Waals surface area contributed by atoms with Gasteiger partial charge in [-0.3, -0.25) is 0 Å². The molecule has 2 N–H and O–H groups in total. The van der Waals surface area contributed by atoms with Crippen molar-refractivity contribution < 1.29 is 4.74 Å². The van der Waals surface area contributed by atoms with Gasteiger partial charge in [0.05, 0.1) is 6.61 Å². The quantitative estimate of drug-likeness (QED) is 0.815. The standard InChI is InChI=1S/C16H27NO/c1-5-12-18-14-8-6-13(7-9-14)15(17)10-11-16(2,3)4/h6-9,15H,5,10-12,17H2,1-4H3. The summed E-state index contributed by atoms with van der Waals surface area (Å²) in [5.41, 5.74) is 7.76. The molecule has 0 aromatic heterocycles. The van der Waals surface area contributed by atoms with Gasteiger partial charge in [0.25, 0.3) is 0 Å². The third-order valence-electron chi connectivity index (χ3n) is 2.99. The lowest BCUT2D eigenvalue weighted by Gasteiger charge is -2.21. The number of hydrogen-bond acceptors (Lipinski definition) is 2. The Labute approximate surface area is 112 Å². The predicted molar refractivity (Wildman–Crippen MR) is 77.8 cm³/mol. The Hall–Kier alpha value is -1.02. The number of ether oxygens (including phenoxy) is 1. The Balaban J connectivity index is 2.51. The van der Waals surface area contributed by atoms with Crippen molar-refractivity contribution in [3.8, 4) is 5.75 Å². The van der Waals surface area contributed by atoms with E-state index in [1.807, 2.05) is 12.1 Å². The topological polar surface area (TPSA) is 35.2 Å². The molecule has 1 rings (SSSR count). The van der Waals surface area contributed by atoms with Crippen molar-refractivity contribution in [2.24, 2.45) is 11.1 Å². The van der Waals surface area contributed by atoms with Crippen LogP contribution >= 0.6 is 0 Å². The summed E-state index contributed by atoms with van der Waals surface area (Å²) in [6.07, 6.45) is 3.20. The molecule has 0 bridgehead atoms. The average molecular weight is 249 g/mol. The average Bonchev–Trinajstić information content (AvgIpc) is 2.33. The van der Waals surface area contributed by atoms with Crippen LogP contribution in [-0.4, -0.2) is 6.61 Å². The molecule has 2 heteroatoms. The van der Waals surface area contributed by atoms with Crippen LogP contribution in [-0.2, 0) is 0 Å². The summed E-state index contributed by atoms with van der Waals surface area (Å²) in [6.45, 7) is 9.64. The zero-order chi connectivity index (χ0) is 13.6. The van der Waals surface area contributed by atoms with E-state index in [-0.39, 0.29) is 6.04 Å². The highest BCUT2D eigenvalue weighted by molar-refractivity contribution is 5.29. The molecule has 0 aliphatic heterocycles. The summed E-state index contributed by atoms with van der Waals surface area (Å²) in [4.78, 5) is 0. The highest BCUT2D eigenvalue weighted by atomic mass is 16.5. The Morgan fingerprint density at radius 2 is 1.78 bits per heavy atom. The summed E-state index contributed by atoms with van der Waals surface area (Å²) in [5, 5.41) is 0. The molecule has 0 aliphatic rings. The third-order valence-corrected chi connectivity index (χ3v) is 2.99. The molecule has 0 fully saturated rings. The van der Waals surface area contributed by atoms with Gasteiger partial charge in [0.1, 0.15) is 5.75 Å². The summed E-state index contributed by atoms with van der Waals surface area (Å²) < 4.78 is 5.56. The summed E-state index contributed by atoms with van der Waals surface area (Å²) in [7, 11) is 0. The molecule has 2 nitrogen and oxygen atoms in total. The molecule has 1 aromatic rings. The first-order valence-corrected chi connectivity index (χ1v) is 6.91. The molecular formula is C16H27NO. The van der Waals surface area contributed by atoms with Gasteiger partial charge < -0.3 is 10.5 Å². The zero-order valence-electron chi connectivity index (χ0n) is 12.2. The summed E-state index contributed by atoms with van der Waals surface area (Å²) in [6, 6.07) is 8.32. The van der Waals surface area contributed by atoms with E-state index >= 15 is 0 Å². The van der Waals surface area contributed by atoms with Crippen molar-refractivity contribution in [3.63, 3.8) is 0 Å². The Morgan fingerprint density at radius 3 is 2.28 bits per heavy atom. The maximum absolute atomic E-state index is 6.21. The van der Waals surface area contributed by atoms with Crippen LogP contribution in [0.3, 0.4) is 0 Å². The highest BCUT2D eigenvalue weighted by Gasteiger charge is 2.13. The minimum atomic E-state index is 0.129. The van der Waals surface area contributed by atoms with E-state index in [0.717, 1.165) is 31.6 Å². The van der Waals surface area contributed by atoms with E-state index in [9.17, 15) is 0 Å². The Morgan fingerprint density at radius 1 is 1.17 bits per heavy atom. The molecule has 0 amide bonds. The van der Waals surface area contributed by atoms with Gasteiger partial charge in [-0.25, -0.2) is 0 Å². The minimum Gasteiger partial charge on any atom is -0.494 e. The van der Waals surface area contributed by atoms with Gasteiger partial charge in [-0.1, -0.05) is 39.8 Å². The van der Waals surface area contributed by atoms with E-state index in [0.29, 0.717) is 5.41 Å². The first-order chi connectivity index (χ1) is 8.42. The van der Waals surface area contributed by atoms with E-state index in [1.165, 1.54) is 5.56 Å². The number of hydrogen-bond donors (Lipinski definition) is 1. The molecule has 0 saturated carbocycles. The lowest BCUT2D eigenvalue weighted by Crippen LogP contribution is -2.14. The van der Waals surface area contributed by atoms with E-state index in [1.54, 1.807) is 0 Å². The van der Waals surface area contributed by atoms with Gasteiger partial charge in [-0.15, -0.1) is 0 Å². The van der Waals surface area contributed by atoms with E-state index < -0.39 is 0 Å². The molecule has 1 aromatic carbocycles. The third kappa shape index (κ3) is 5.54. The fraction of sp³-hybridized carbons (Fsp3) is 0.625. The number of rotatable bonds is 6. The fourth-order valence-electron chi connectivity index (χ4n) is 1.79. The van der Waals surface area contributed by atoms with Crippen LogP contribution < -0.4 is 10.5 Å². The van der Waals surface area contributed by atoms with Crippen LogP contribution in [0.15, 0.2) is 24.3 Å². The molecule has 18 heavy (non-hydrogen) atoms. The Bertz CT molecular complexity index is 337. The lowest BCUT2D eigenvalue weighted by molar-refractivity contribution is 0.317. The molecule has 0 aliphatic carbocycles. The molecule has 102 valence electrons. The van der Waals surface area contributed by atoms with Crippen LogP contribution in [0.5, 0.6) is 5.75 Å². The fourth-order valence-corrected chi connectivity index (χ4v) is 1.79. The highest BCUT2D eigenvalue weighted by Crippen LogP contribution is 2.26. The van der Waals surface area contributed by atoms with Crippen molar-refractivity contribution in [3.05, 3.63) is 29.8 Å². The molecule has 1 unspecified atom stereocenters. The number of benzene rings is 1. The van der Waals surface area contributed by atoms with E-state index in [2.05, 4.69) is 39.8 Å². The van der Waals surface area contributed by atoms with Crippen LogP contribution in [0.4, 0.5) is 0 Å². The smallest absolute Gasteiger partial charge is 0.119 e. The second-order valence-electron chi connectivity index (χ2n) is 6.12. The van der Waals surface area contributed by atoms with Crippen LogP contribution in [0, 0.1) is 5.41 Å². The monoisotopic (exact) mass is 249 g/mol. The van der Waals surface area contributed by atoms with Crippen molar-refractivity contribution in [2.75, 3.05) is 6.61 Å². The second-order valence-corrected chi connectivity index (χ2v) is 6.12. The molecule has 1 atom stereocenters. The van der Waals surface area contributed by atoms with Crippen LogP contribution in [0.25, 0.3) is 0 Å². The molecule has 0 saturated heterocycles. The normalized spacial score (nSPS) is 13.4. The largest absolute Gasteiger partial charge is 0.494 e. The van der Waals surface area contributed by atoms with Gasteiger partial charge in [-0.05, 0) is 42.4 Å². The van der Waals surface area contributed by atoms with Crippen molar-refractivity contribution in [1.29, 1.82) is 0 Å². The van der Waals surface area contributed by atoms with E-state index in [4.69, 9.17) is 10.5 Å². The minimum absolute atomic E-state index is 0.129. The molecule has 0 radical (unpaired) electrons. The van der Waals surface area contributed by atoms with Crippen LogP contribution in [0.1, 0.15) is 58.6 Å². The summed E-state index contributed by atoms with van der Waals surface area (Å²) in [5.74, 6) is 0.934. The molecular weight excluding hydrogens is 222 g/mol. The second kappa shape index (κ2) is 6.79. The maximum atomic E-state index is 6.21. The van der Waals surface area contributed by atoms with Gasteiger partial charge in [0, 0.05) is 6.04 Å². The SMILES string of the molecule is CCCOc1ccc(C(N)CCC(C)(C)C)cc1. The molecule has 0 heterocycles. The van der Waals surface area contributed by atoms with Crippen molar-refractivity contribution in [2.45, 2.75) is 53.0 Å².